The minimum absolute atomic E-state index is 0.278. The van der Waals surface area contributed by atoms with Crippen molar-refractivity contribution in [1.82, 2.24) is 10.2 Å². The maximum absolute atomic E-state index is 9.62. The third-order valence-electron chi connectivity index (χ3n) is 5.91. The van der Waals surface area contributed by atoms with Crippen LogP contribution >= 0.6 is 0 Å². The Hall–Kier alpha value is -0.590. The quantitative estimate of drug-likeness (QED) is 0.858. The Labute approximate surface area is 131 Å². The molecule has 1 N–H and O–H groups in total. The Morgan fingerprint density at radius 1 is 1.14 bits per heavy atom. The zero-order valence-electron chi connectivity index (χ0n) is 14.4. The van der Waals surface area contributed by atoms with Gasteiger partial charge in [-0.3, -0.25) is 5.32 Å². The number of nitriles is 1. The fourth-order valence-electron chi connectivity index (χ4n) is 4.32. The molecule has 2 atom stereocenters. The zero-order chi connectivity index (χ0) is 15.5. The van der Waals surface area contributed by atoms with Crippen LogP contribution in [0.5, 0.6) is 0 Å². The molecule has 2 aliphatic carbocycles. The van der Waals surface area contributed by atoms with Gasteiger partial charge in [-0.25, -0.2) is 0 Å². The Bertz CT molecular complexity index is 370. The highest BCUT2D eigenvalue weighted by molar-refractivity contribution is 5.11. The minimum atomic E-state index is -0.278. The Morgan fingerprint density at radius 2 is 1.81 bits per heavy atom. The highest BCUT2D eigenvalue weighted by atomic mass is 15.2. The van der Waals surface area contributed by atoms with Crippen molar-refractivity contribution in [2.75, 3.05) is 13.6 Å². The molecule has 2 rings (SSSR count). The predicted octanol–water partition coefficient (Wildman–Crippen LogP) is 3.70. The van der Waals surface area contributed by atoms with Gasteiger partial charge in [-0.1, -0.05) is 20.8 Å². The van der Waals surface area contributed by atoms with E-state index in [-0.39, 0.29) is 5.54 Å². The number of hydrogen-bond donors (Lipinski definition) is 1. The molecule has 0 aliphatic heterocycles. The summed E-state index contributed by atoms with van der Waals surface area (Å²) in [5, 5.41) is 13.1. The van der Waals surface area contributed by atoms with Crippen LogP contribution in [0, 0.1) is 16.7 Å². The fraction of sp³-hybridized carbons (Fsp3) is 0.944. The molecule has 0 bridgehead atoms. The van der Waals surface area contributed by atoms with Crippen LogP contribution in [0.2, 0.25) is 0 Å². The third kappa shape index (κ3) is 3.99. The minimum Gasteiger partial charge on any atom is -0.300 e. The van der Waals surface area contributed by atoms with Gasteiger partial charge in [-0.05, 0) is 70.4 Å². The van der Waals surface area contributed by atoms with Crippen molar-refractivity contribution in [3.8, 4) is 6.07 Å². The molecule has 120 valence electrons. The summed E-state index contributed by atoms with van der Waals surface area (Å²) in [6.45, 7) is 7.79. The van der Waals surface area contributed by atoms with E-state index in [9.17, 15) is 5.26 Å². The first-order valence-electron chi connectivity index (χ1n) is 8.80. The van der Waals surface area contributed by atoms with Gasteiger partial charge in [0, 0.05) is 12.1 Å². The lowest BCUT2D eigenvalue weighted by Crippen LogP contribution is -2.54. The highest BCUT2D eigenvalue weighted by Crippen LogP contribution is 2.39. The summed E-state index contributed by atoms with van der Waals surface area (Å²) in [6, 6.07) is 3.88. The normalized spacial score (nSPS) is 33.8. The number of nitrogens with zero attached hydrogens (tertiary/aromatic N) is 2. The van der Waals surface area contributed by atoms with Gasteiger partial charge in [0.15, 0.2) is 0 Å². The van der Waals surface area contributed by atoms with E-state index in [1.807, 2.05) is 0 Å². The Kier molecular flexibility index (Phi) is 5.33. The lowest BCUT2D eigenvalue weighted by atomic mass is 9.74. The summed E-state index contributed by atoms with van der Waals surface area (Å²) in [5.74, 6) is 0. The first-order chi connectivity index (χ1) is 9.91. The lowest BCUT2D eigenvalue weighted by Gasteiger charge is -2.46. The summed E-state index contributed by atoms with van der Waals surface area (Å²) in [6.07, 6.45) is 9.75. The molecule has 0 saturated heterocycles. The number of rotatable bonds is 4. The Balaban J connectivity index is 1.96. The van der Waals surface area contributed by atoms with Crippen LogP contribution in [0.4, 0.5) is 0 Å². The van der Waals surface area contributed by atoms with Crippen molar-refractivity contribution in [3.63, 3.8) is 0 Å². The molecule has 0 heterocycles. The van der Waals surface area contributed by atoms with Gasteiger partial charge < -0.3 is 4.90 Å². The van der Waals surface area contributed by atoms with Gasteiger partial charge in [0.1, 0.15) is 5.54 Å². The second-order valence-electron chi connectivity index (χ2n) is 8.04. The second-order valence-corrected chi connectivity index (χ2v) is 8.04. The van der Waals surface area contributed by atoms with E-state index in [1.165, 1.54) is 38.5 Å². The van der Waals surface area contributed by atoms with E-state index in [0.29, 0.717) is 11.5 Å². The summed E-state index contributed by atoms with van der Waals surface area (Å²) in [5.41, 5.74) is 0.254. The van der Waals surface area contributed by atoms with Crippen LogP contribution in [0.15, 0.2) is 0 Å². The first-order valence-corrected chi connectivity index (χ1v) is 8.80. The molecule has 21 heavy (non-hydrogen) atoms. The van der Waals surface area contributed by atoms with Crippen LogP contribution in [-0.2, 0) is 0 Å². The predicted molar refractivity (Wildman–Crippen MR) is 88.1 cm³/mol. The molecule has 2 unspecified atom stereocenters. The highest BCUT2D eigenvalue weighted by Gasteiger charge is 2.39. The van der Waals surface area contributed by atoms with Crippen LogP contribution in [0.25, 0.3) is 0 Å². The van der Waals surface area contributed by atoms with E-state index >= 15 is 0 Å². The SMILES string of the molecule is CCNC1(C#N)CCCC(N(C)C2CCC(C)(C)CC2)C1. The Morgan fingerprint density at radius 3 is 2.38 bits per heavy atom. The van der Waals surface area contributed by atoms with Crippen molar-refractivity contribution in [3.05, 3.63) is 0 Å². The fourth-order valence-corrected chi connectivity index (χ4v) is 4.32. The van der Waals surface area contributed by atoms with Gasteiger partial charge in [0.25, 0.3) is 0 Å². The summed E-state index contributed by atoms with van der Waals surface area (Å²) in [4.78, 5) is 2.61. The molecule has 0 aromatic carbocycles. The molecular weight excluding hydrogens is 258 g/mol. The first kappa shape index (κ1) is 16.8. The number of nitrogens with one attached hydrogen (secondary N) is 1. The monoisotopic (exact) mass is 291 g/mol. The third-order valence-corrected chi connectivity index (χ3v) is 5.91. The summed E-state index contributed by atoms with van der Waals surface area (Å²) < 4.78 is 0. The van der Waals surface area contributed by atoms with Gasteiger partial charge in [-0.2, -0.15) is 5.26 Å². The van der Waals surface area contributed by atoms with Crippen molar-refractivity contribution in [2.24, 2.45) is 5.41 Å². The second kappa shape index (κ2) is 6.67. The van der Waals surface area contributed by atoms with Gasteiger partial charge in [-0.15, -0.1) is 0 Å². The van der Waals surface area contributed by atoms with Crippen molar-refractivity contribution >= 4 is 0 Å². The van der Waals surface area contributed by atoms with Crippen LogP contribution in [0.1, 0.15) is 72.1 Å². The molecule has 2 saturated carbocycles. The van der Waals surface area contributed by atoms with Gasteiger partial charge in [0.2, 0.25) is 0 Å². The van der Waals surface area contributed by atoms with Crippen LogP contribution in [0.3, 0.4) is 0 Å². The molecule has 0 amide bonds. The van der Waals surface area contributed by atoms with Gasteiger partial charge in [0.05, 0.1) is 6.07 Å². The molecule has 0 aromatic rings. The molecule has 2 fully saturated rings. The molecule has 2 aliphatic rings. The van der Waals surface area contributed by atoms with E-state index in [0.717, 1.165) is 25.4 Å². The van der Waals surface area contributed by atoms with E-state index in [4.69, 9.17) is 0 Å². The average Bonchev–Trinajstić information content (AvgIpc) is 2.47. The summed E-state index contributed by atoms with van der Waals surface area (Å²) >= 11 is 0. The topological polar surface area (TPSA) is 39.1 Å². The van der Waals surface area contributed by atoms with E-state index < -0.39 is 0 Å². The lowest BCUT2D eigenvalue weighted by molar-refractivity contribution is 0.0627. The molecule has 3 nitrogen and oxygen atoms in total. The molecular formula is C18H33N3. The van der Waals surface area contributed by atoms with Crippen molar-refractivity contribution in [1.29, 1.82) is 5.26 Å². The van der Waals surface area contributed by atoms with E-state index in [2.05, 4.69) is 44.1 Å². The molecule has 0 spiro atoms. The smallest absolute Gasteiger partial charge is 0.108 e. The van der Waals surface area contributed by atoms with Gasteiger partial charge >= 0.3 is 0 Å². The molecule has 0 aromatic heterocycles. The zero-order valence-corrected chi connectivity index (χ0v) is 14.4. The summed E-state index contributed by atoms with van der Waals surface area (Å²) in [7, 11) is 2.30. The molecule has 0 radical (unpaired) electrons. The van der Waals surface area contributed by atoms with Crippen LogP contribution in [-0.4, -0.2) is 36.1 Å². The maximum Gasteiger partial charge on any atom is 0.108 e. The van der Waals surface area contributed by atoms with E-state index in [1.54, 1.807) is 0 Å². The van der Waals surface area contributed by atoms with Crippen molar-refractivity contribution in [2.45, 2.75) is 89.8 Å². The standard InChI is InChI=1S/C18H33N3/c1-5-20-18(14-19)10-6-7-16(13-18)21(4)15-8-11-17(2,3)12-9-15/h15-16,20H,5-13H2,1-4H3. The van der Waals surface area contributed by atoms with Crippen molar-refractivity contribution < 1.29 is 0 Å². The molecule has 3 heteroatoms. The largest absolute Gasteiger partial charge is 0.300 e. The average molecular weight is 291 g/mol. The maximum atomic E-state index is 9.62. The number of hydrogen-bond acceptors (Lipinski definition) is 3. The van der Waals surface area contributed by atoms with Crippen LogP contribution < -0.4 is 5.32 Å².